The highest BCUT2D eigenvalue weighted by molar-refractivity contribution is 5.53. The number of H-pyrrole nitrogens is 1. The summed E-state index contributed by atoms with van der Waals surface area (Å²) in [4.78, 5) is 12.8. The highest BCUT2D eigenvalue weighted by atomic mass is 19.1. The molecule has 0 amide bonds. The van der Waals surface area contributed by atoms with Crippen molar-refractivity contribution in [2.75, 3.05) is 17.7 Å². The number of ether oxygens (including phenoxy) is 1. The first kappa shape index (κ1) is 21.2. The van der Waals surface area contributed by atoms with Crippen LogP contribution < -0.4 is 15.4 Å². The first-order valence-corrected chi connectivity index (χ1v) is 10.2. The van der Waals surface area contributed by atoms with Crippen molar-refractivity contribution in [3.8, 4) is 5.75 Å². The third kappa shape index (κ3) is 5.57. The smallest absolute Gasteiger partial charge is 0.225 e. The first-order valence-electron chi connectivity index (χ1n) is 10.2. The van der Waals surface area contributed by atoms with Crippen molar-refractivity contribution in [3.63, 3.8) is 0 Å². The number of benzene rings is 1. The molecule has 0 spiro atoms. The van der Waals surface area contributed by atoms with Gasteiger partial charge in [-0.15, -0.1) is 0 Å². The summed E-state index contributed by atoms with van der Waals surface area (Å²) < 4.78 is 18.3. The molecule has 1 unspecified atom stereocenters. The monoisotopic (exact) mass is 433 g/mol. The van der Waals surface area contributed by atoms with E-state index in [1.165, 1.54) is 17.8 Å². The second-order valence-corrected chi connectivity index (χ2v) is 7.29. The average Bonchev–Trinajstić information content (AvgIpc) is 3.25. The number of nitrogens with one attached hydrogen (secondary N) is 3. The maximum Gasteiger partial charge on any atom is 0.225 e. The largest absolute Gasteiger partial charge is 0.497 e. The molecule has 0 fully saturated rings. The predicted molar refractivity (Wildman–Crippen MR) is 121 cm³/mol. The molecule has 1 aromatic carbocycles. The van der Waals surface area contributed by atoms with Gasteiger partial charge in [-0.1, -0.05) is 12.1 Å². The quantitative estimate of drug-likeness (QED) is 0.359. The Kier molecular flexibility index (Phi) is 6.54. The van der Waals surface area contributed by atoms with Crippen molar-refractivity contribution in [1.29, 1.82) is 0 Å². The number of aryl methyl sites for hydroxylation is 2. The van der Waals surface area contributed by atoms with Gasteiger partial charge in [0.15, 0.2) is 5.82 Å². The van der Waals surface area contributed by atoms with E-state index in [-0.39, 0.29) is 11.9 Å². The van der Waals surface area contributed by atoms with Crippen LogP contribution in [0.25, 0.3) is 0 Å². The molecular formula is C23H24FN7O. The zero-order valence-electron chi connectivity index (χ0n) is 17.8. The van der Waals surface area contributed by atoms with Gasteiger partial charge in [0.1, 0.15) is 17.4 Å². The highest BCUT2D eigenvalue weighted by Gasteiger charge is 2.10. The van der Waals surface area contributed by atoms with Gasteiger partial charge in [0.2, 0.25) is 5.95 Å². The maximum absolute atomic E-state index is 13.1. The summed E-state index contributed by atoms with van der Waals surface area (Å²) in [6.07, 6.45) is 4.53. The Labute approximate surface area is 185 Å². The van der Waals surface area contributed by atoms with Crippen molar-refractivity contribution in [2.24, 2.45) is 0 Å². The molecule has 8 nitrogen and oxygen atoms in total. The zero-order chi connectivity index (χ0) is 22.3. The molecule has 32 heavy (non-hydrogen) atoms. The van der Waals surface area contributed by atoms with E-state index in [2.05, 4.69) is 41.8 Å². The van der Waals surface area contributed by atoms with Crippen LogP contribution in [-0.4, -0.2) is 32.3 Å². The molecule has 3 aromatic heterocycles. The fourth-order valence-electron chi connectivity index (χ4n) is 3.20. The summed E-state index contributed by atoms with van der Waals surface area (Å²) in [5, 5.41) is 13.7. The van der Waals surface area contributed by atoms with E-state index in [0.717, 1.165) is 24.3 Å². The molecule has 0 radical (unpaired) electrons. The van der Waals surface area contributed by atoms with Crippen molar-refractivity contribution < 1.29 is 9.13 Å². The number of halogens is 1. The number of hydrogen-bond acceptors (Lipinski definition) is 7. The molecule has 9 heteroatoms. The van der Waals surface area contributed by atoms with Gasteiger partial charge in [-0.2, -0.15) is 10.1 Å². The molecule has 0 aliphatic rings. The van der Waals surface area contributed by atoms with Crippen LogP contribution in [0.4, 0.5) is 22.0 Å². The number of nitrogens with zero attached hydrogens (tertiary/aromatic N) is 4. The van der Waals surface area contributed by atoms with Gasteiger partial charge in [-0.3, -0.25) is 10.1 Å². The summed E-state index contributed by atoms with van der Waals surface area (Å²) in [5.74, 6) is 2.19. The normalized spacial score (nSPS) is 11.7. The van der Waals surface area contributed by atoms with Crippen molar-refractivity contribution in [1.82, 2.24) is 25.1 Å². The van der Waals surface area contributed by atoms with Crippen LogP contribution in [0, 0.1) is 5.82 Å². The van der Waals surface area contributed by atoms with E-state index in [0.29, 0.717) is 23.3 Å². The third-order valence-corrected chi connectivity index (χ3v) is 4.90. The number of pyridine rings is 1. The molecule has 0 aliphatic carbocycles. The Hall–Kier alpha value is -4.01. The van der Waals surface area contributed by atoms with Crippen LogP contribution >= 0.6 is 0 Å². The molecule has 0 bridgehead atoms. The van der Waals surface area contributed by atoms with Crippen molar-refractivity contribution in [2.45, 2.75) is 25.8 Å². The van der Waals surface area contributed by atoms with E-state index in [4.69, 9.17) is 4.74 Å². The van der Waals surface area contributed by atoms with Crippen LogP contribution in [0.3, 0.4) is 0 Å². The number of aromatic amines is 1. The van der Waals surface area contributed by atoms with E-state index in [9.17, 15) is 4.39 Å². The Bertz CT molecular complexity index is 1160. The lowest BCUT2D eigenvalue weighted by Gasteiger charge is -2.13. The molecule has 0 saturated heterocycles. The van der Waals surface area contributed by atoms with E-state index in [1.54, 1.807) is 25.4 Å². The number of hydrogen-bond donors (Lipinski definition) is 3. The van der Waals surface area contributed by atoms with Gasteiger partial charge in [0.25, 0.3) is 0 Å². The standard InChI is InChI=1S/C23H24FN7O/c1-15(20-9-7-17(24)14-26-20)27-23-25-11-10-21(29-23)28-22-13-18(30-31-22)8-6-16-4-3-5-19(12-16)32-2/h3-5,7,9-15H,6,8H2,1-2H3,(H3,25,27,28,29,30,31). The second-order valence-electron chi connectivity index (χ2n) is 7.29. The first-order chi connectivity index (χ1) is 15.6. The molecule has 4 rings (SSSR count). The van der Waals surface area contributed by atoms with Gasteiger partial charge >= 0.3 is 0 Å². The topological polar surface area (TPSA) is 101 Å². The van der Waals surface area contributed by atoms with Crippen LogP contribution in [0.2, 0.25) is 0 Å². The summed E-state index contributed by atoms with van der Waals surface area (Å²) in [6.45, 7) is 1.91. The summed E-state index contributed by atoms with van der Waals surface area (Å²) in [5.41, 5.74) is 2.91. The lowest BCUT2D eigenvalue weighted by Crippen LogP contribution is -2.11. The fraction of sp³-hybridized carbons (Fsp3) is 0.217. The minimum atomic E-state index is -0.370. The Balaban J connectivity index is 1.35. The lowest BCUT2D eigenvalue weighted by atomic mass is 10.1. The number of rotatable bonds is 9. The van der Waals surface area contributed by atoms with E-state index in [1.807, 2.05) is 31.2 Å². The van der Waals surface area contributed by atoms with Crippen LogP contribution in [-0.2, 0) is 12.8 Å². The number of methoxy groups -OCH3 is 1. The van der Waals surface area contributed by atoms with Crippen LogP contribution in [0.5, 0.6) is 5.75 Å². The van der Waals surface area contributed by atoms with Gasteiger partial charge in [0.05, 0.1) is 25.0 Å². The minimum Gasteiger partial charge on any atom is -0.497 e. The molecule has 0 aliphatic heterocycles. The molecule has 1 atom stereocenters. The van der Waals surface area contributed by atoms with Crippen molar-refractivity contribution in [3.05, 3.63) is 83.7 Å². The predicted octanol–water partition coefficient (Wildman–Crippen LogP) is 4.44. The van der Waals surface area contributed by atoms with Crippen molar-refractivity contribution >= 4 is 17.6 Å². The van der Waals surface area contributed by atoms with Gasteiger partial charge < -0.3 is 15.4 Å². The second kappa shape index (κ2) is 9.86. The van der Waals surface area contributed by atoms with Gasteiger partial charge in [0, 0.05) is 18.0 Å². The zero-order valence-corrected chi connectivity index (χ0v) is 17.8. The fourth-order valence-corrected chi connectivity index (χ4v) is 3.20. The number of aromatic nitrogens is 5. The van der Waals surface area contributed by atoms with E-state index < -0.39 is 0 Å². The molecule has 3 heterocycles. The van der Waals surface area contributed by atoms with Gasteiger partial charge in [-0.05, 0) is 55.7 Å². The average molecular weight is 433 g/mol. The molecule has 4 aromatic rings. The van der Waals surface area contributed by atoms with Crippen LogP contribution in [0.15, 0.2) is 60.9 Å². The lowest BCUT2D eigenvalue weighted by molar-refractivity contribution is 0.414. The summed E-state index contributed by atoms with van der Waals surface area (Å²) in [6, 6.07) is 14.6. The Morgan fingerprint density at radius 1 is 1.06 bits per heavy atom. The Morgan fingerprint density at radius 2 is 1.97 bits per heavy atom. The van der Waals surface area contributed by atoms with Gasteiger partial charge in [-0.25, -0.2) is 9.37 Å². The maximum atomic E-state index is 13.1. The molecule has 164 valence electrons. The summed E-state index contributed by atoms with van der Waals surface area (Å²) >= 11 is 0. The molecule has 3 N–H and O–H groups in total. The summed E-state index contributed by atoms with van der Waals surface area (Å²) in [7, 11) is 1.67. The Morgan fingerprint density at radius 3 is 2.78 bits per heavy atom. The minimum absolute atomic E-state index is 0.181. The highest BCUT2D eigenvalue weighted by Crippen LogP contribution is 2.19. The third-order valence-electron chi connectivity index (χ3n) is 4.90. The molecular weight excluding hydrogens is 409 g/mol. The number of anilines is 3. The van der Waals surface area contributed by atoms with E-state index >= 15 is 0 Å². The molecule has 0 saturated carbocycles. The SMILES string of the molecule is COc1cccc(CCc2cc(Nc3ccnc(NC(C)c4ccc(F)cn4)n3)n[nH]2)c1. The van der Waals surface area contributed by atoms with Crippen LogP contribution in [0.1, 0.15) is 29.9 Å².